The van der Waals surface area contributed by atoms with Crippen LogP contribution in [-0.2, 0) is 9.53 Å². The minimum absolute atomic E-state index is 0.0442. The molecule has 0 aromatic heterocycles. The molecule has 0 saturated heterocycles. The number of carbonyl (C=O) groups excluding carboxylic acids is 2. The molecule has 0 heterocycles. The molecule has 1 aromatic carbocycles. The van der Waals surface area contributed by atoms with E-state index in [1.54, 1.807) is 0 Å². The minimum atomic E-state index is -0.0442. The molecule has 1 saturated carbocycles. The molecule has 0 spiro atoms. The van der Waals surface area contributed by atoms with E-state index < -0.39 is 0 Å². The summed E-state index contributed by atoms with van der Waals surface area (Å²) in [6.07, 6.45) is 4.70. The molecule has 0 unspecified atom stereocenters. The Hall–Kier alpha value is -1.64. The average Bonchev–Trinajstić information content (AvgIpc) is 2.48. The zero-order valence-corrected chi connectivity index (χ0v) is 11.3. The second-order valence-electron chi connectivity index (χ2n) is 5.09. The normalized spacial score (nSPS) is 22.8. The highest BCUT2D eigenvalue weighted by Crippen LogP contribution is 2.36. The maximum absolute atomic E-state index is 11.7. The molecule has 0 bridgehead atoms. The summed E-state index contributed by atoms with van der Waals surface area (Å²) in [5.74, 6) is 0.536. The van der Waals surface area contributed by atoms with Crippen molar-refractivity contribution in [2.45, 2.75) is 38.5 Å². The van der Waals surface area contributed by atoms with Crippen molar-refractivity contribution in [2.75, 3.05) is 6.61 Å². The number of rotatable bonds is 4. The molecule has 0 N–H and O–H groups in total. The molecule has 0 atom stereocenters. The molecular formula is C16H20O3. The zero-order chi connectivity index (χ0) is 13.7. The number of carbonyl (C=O) groups is 2. The molecule has 0 aliphatic heterocycles. The molecular weight excluding hydrogens is 240 g/mol. The Labute approximate surface area is 114 Å². The van der Waals surface area contributed by atoms with E-state index in [1.165, 1.54) is 5.56 Å². The standard InChI is InChI=1S/C16H20O3/c1-2-19-16(18)15-9-7-14(8-10-15)13-5-3-12(11-17)4-6-13/h3-6,11,14-15H,2,7-10H2,1H3/t14-,15+. The number of hydrogen-bond donors (Lipinski definition) is 0. The lowest BCUT2D eigenvalue weighted by Crippen LogP contribution is -2.23. The predicted molar refractivity (Wildman–Crippen MR) is 73.2 cm³/mol. The van der Waals surface area contributed by atoms with Gasteiger partial charge in [0, 0.05) is 5.56 Å². The lowest BCUT2D eigenvalue weighted by atomic mass is 9.78. The van der Waals surface area contributed by atoms with Crippen LogP contribution in [-0.4, -0.2) is 18.9 Å². The molecule has 19 heavy (non-hydrogen) atoms. The van der Waals surface area contributed by atoms with Crippen molar-refractivity contribution >= 4 is 12.3 Å². The van der Waals surface area contributed by atoms with Gasteiger partial charge in [-0.25, -0.2) is 0 Å². The Morgan fingerprint density at radius 2 is 1.84 bits per heavy atom. The first-order chi connectivity index (χ1) is 9.24. The number of ether oxygens (including phenoxy) is 1. The van der Waals surface area contributed by atoms with Crippen molar-refractivity contribution in [1.29, 1.82) is 0 Å². The molecule has 3 heteroatoms. The monoisotopic (exact) mass is 260 g/mol. The molecule has 102 valence electrons. The summed E-state index contributed by atoms with van der Waals surface area (Å²) in [4.78, 5) is 22.3. The Kier molecular flexibility index (Phi) is 4.72. The number of esters is 1. The first kappa shape index (κ1) is 13.8. The highest BCUT2D eigenvalue weighted by Gasteiger charge is 2.27. The number of benzene rings is 1. The van der Waals surface area contributed by atoms with Crippen molar-refractivity contribution in [2.24, 2.45) is 5.92 Å². The van der Waals surface area contributed by atoms with Crippen molar-refractivity contribution in [3.05, 3.63) is 35.4 Å². The minimum Gasteiger partial charge on any atom is -0.466 e. The van der Waals surface area contributed by atoms with E-state index in [-0.39, 0.29) is 11.9 Å². The fourth-order valence-corrected chi connectivity index (χ4v) is 2.77. The lowest BCUT2D eigenvalue weighted by molar-refractivity contribution is -0.149. The van der Waals surface area contributed by atoms with Crippen molar-refractivity contribution in [3.63, 3.8) is 0 Å². The molecule has 0 radical (unpaired) electrons. The summed E-state index contributed by atoms with van der Waals surface area (Å²) in [6, 6.07) is 7.78. The van der Waals surface area contributed by atoms with Gasteiger partial charge in [-0.05, 0) is 44.1 Å². The molecule has 1 aliphatic rings. The number of aldehydes is 1. The summed E-state index contributed by atoms with van der Waals surface area (Å²) in [5.41, 5.74) is 1.98. The molecule has 3 nitrogen and oxygen atoms in total. The average molecular weight is 260 g/mol. The highest BCUT2D eigenvalue weighted by atomic mass is 16.5. The van der Waals surface area contributed by atoms with Crippen LogP contribution in [0.15, 0.2) is 24.3 Å². The summed E-state index contributed by atoms with van der Waals surface area (Å²) in [7, 11) is 0. The van der Waals surface area contributed by atoms with Crippen LogP contribution < -0.4 is 0 Å². The van der Waals surface area contributed by atoms with Gasteiger partial charge in [-0.15, -0.1) is 0 Å². The highest BCUT2D eigenvalue weighted by molar-refractivity contribution is 5.74. The first-order valence-corrected chi connectivity index (χ1v) is 6.96. The van der Waals surface area contributed by atoms with Gasteiger partial charge < -0.3 is 4.74 Å². The van der Waals surface area contributed by atoms with Crippen molar-refractivity contribution < 1.29 is 14.3 Å². The summed E-state index contributed by atoms with van der Waals surface area (Å²) in [6.45, 7) is 2.31. The van der Waals surface area contributed by atoms with Gasteiger partial charge >= 0.3 is 5.97 Å². The van der Waals surface area contributed by atoms with Crippen molar-refractivity contribution in [1.82, 2.24) is 0 Å². The molecule has 1 aliphatic carbocycles. The Balaban J connectivity index is 1.91. The van der Waals surface area contributed by atoms with E-state index in [1.807, 2.05) is 31.2 Å². The van der Waals surface area contributed by atoms with Gasteiger partial charge in [-0.3, -0.25) is 9.59 Å². The SMILES string of the molecule is CCOC(=O)[C@H]1CC[C@@H](c2ccc(C=O)cc2)CC1. The summed E-state index contributed by atoms with van der Waals surface area (Å²) < 4.78 is 5.07. The summed E-state index contributed by atoms with van der Waals surface area (Å²) in [5, 5.41) is 0. The van der Waals surface area contributed by atoms with Gasteiger partial charge in [0.1, 0.15) is 6.29 Å². The van der Waals surface area contributed by atoms with E-state index in [9.17, 15) is 9.59 Å². The van der Waals surface area contributed by atoms with E-state index >= 15 is 0 Å². The van der Waals surface area contributed by atoms with Gasteiger partial charge in [0.05, 0.1) is 12.5 Å². The Morgan fingerprint density at radius 1 is 1.21 bits per heavy atom. The van der Waals surface area contributed by atoms with Crippen LogP contribution in [0, 0.1) is 5.92 Å². The predicted octanol–water partition coefficient (Wildman–Crippen LogP) is 3.34. The zero-order valence-electron chi connectivity index (χ0n) is 11.3. The van der Waals surface area contributed by atoms with Crippen LogP contribution in [0.3, 0.4) is 0 Å². The van der Waals surface area contributed by atoms with Crippen LogP contribution in [0.2, 0.25) is 0 Å². The van der Waals surface area contributed by atoms with Crippen LogP contribution >= 0.6 is 0 Å². The Morgan fingerprint density at radius 3 is 2.37 bits per heavy atom. The van der Waals surface area contributed by atoms with E-state index in [0.717, 1.165) is 32.0 Å². The van der Waals surface area contributed by atoms with E-state index in [0.29, 0.717) is 18.1 Å². The molecule has 1 fully saturated rings. The van der Waals surface area contributed by atoms with Gasteiger partial charge in [-0.2, -0.15) is 0 Å². The van der Waals surface area contributed by atoms with E-state index in [2.05, 4.69) is 0 Å². The van der Waals surface area contributed by atoms with Crippen LogP contribution in [0.4, 0.5) is 0 Å². The van der Waals surface area contributed by atoms with Gasteiger partial charge in [0.2, 0.25) is 0 Å². The van der Waals surface area contributed by atoms with Crippen LogP contribution in [0.25, 0.3) is 0 Å². The third kappa shape index (κ3) is 3.43. The van der Waals surface area contributed by atoms with Gasteiger partial charge in [0.25, 0.3) is 0 Å². The van der Waals surface area contributed by atoms with Gasteiger partial charge in [-0.1, -0.05) is 24.3 Å². The molecule has 1 aromatic rings. The molecule has 0 amide bonds. The number of hydrogen-bond acceptors (Lipinski definition) is 3. The third-order valence-electron chi connectivity index (χ3n) is 3.89. The third-order valence-corrected chi connectivity index (χ3v) is 3.89. The topological polar surface area (TPSA) is 43.4 Å². The smallest absolute Gasteiger partial charge is 0.308 e. The fraction of sp³-hybridized carbons (Fsp3) is 0.500. The second-order valence-corrected chi connectivity index (χ2v) is 5.09. The van der Waals surface area contributed by atoms with E-state index in [4.69, 9.17) is 4.74 Å². The maximum atomic E-state index is 11.7. The largest absolute Gasteiger partial charge is 0.466 e. The fourth-order valence-electron chi connectivity index (χ4n) is 2.77. The Bertz CT molecular complexity index is 428. The maximum Gasteiger partial charge on any atom is 0.308 e. The van der Waals surface area contributed by atoms with Crippen molar-refractivity contribution in [3.8, 4) is 0 Å². The summed E-state index contributed by atoms with van der Waals surface area (Å²) >= 11 is 0. The van der Waals surface area contributed by atoms with Crippen LogP contribution in [0.1, 0.15) is 54.4 Å². The first-order valence-electron chi connectivity index (χ1n) is 6.96. The van der Waals surface area contributed by atoms with Gasteiger partial charge in [0.15, 0.2) is 0 Å². The lowest BCUT2D eigenvalue weighted by Gasteiger charge is -2.27. The second kappa shape index (κ2) is 6.50. The van der Waals surface area contributed by atoms with Crippen LogP contribution in [0.5, 0.6) is 0 Å². The quantitative estimate of drug-likeness (QED) is 0.616. The molecule has 2 rings (SSSR count).